The zero-order valence-corrected chi connectivity index (χ0v) is 10.2. The molecule has 1 atom stereocenters. The molecule has 0 spiro atoms. The predicted molar refractivity (Wildman–Crippen MR) is 68.3 cm³/mol. The van der Waals surface area contributed by atoms with E-state index in [2.05, 4.69) is 4.90 Å². The average molecular weight is 250 g/mol. The van der Waals surface area contributed by atoms with Crippen molar-refractivity contribution in [1.29, 1.82) is 0 Å². The average Bonchev–Trinajstić information content (AvgIpc) is 2.28. The number of aliphatic hydroxyl groups excluding tert-OH is 1. The van der Waals surface area contributed by atoms with Crippen LogP contribution in [0.3, 0.4) is 0 Å². The number of likely N-dealkylation sites (tertiary alicyclic amines) is 1. The summed E-state index contributed by atoms with van der Waals surface area (Å²) in [5.41, 5.74) is 6.88. The molecule has 0 amide bonds. The van der Waals surface area contributed by atoms with E-state index in [0.717, 1.165) is 19.4 Å². The van der Waals surface area contributed by atoms with E-state index in [1.807, 2.05) is 0 Å². The minimum Gasteiger partial charge on any atom is -0.478 e. The number of aliphatic hydroxyl groups is 1. The molecule has 0 aliphatic carbocycles. The summed E-state index contributed by atoms with van der Waals surface area (Å²) in [5.74, 6) is -0.999. The van der Waals surface area contributed by atoms with Gasteiger partial charge in [-0.1, -0.05) is 12.1 Å². The van der Waals surface area contributed by atoms with Crippen molar-refractivity contribution in [3.05, 3.63) is 29.3 Å². The maximum absolute atomic E-state index is 11.2. The molecule has 4 N–H and O–H groups in total. The Bertz CT molecular complexity index is 448. The van der Waals surface area contributed by atoms with Crippen LogP contribution < -0.4 is 5.73 Å². The minimum absolute atomic E-state index is 0.178. The monoisotopic (exact) mass is 250 g/mol. The Morgan fingerprint density at radius 1 is 1.50 bits per heavy atom. The topological polar surface area (TPSA) is 86.8 Å². The number of anilines is 1. The van der Waals surface area contributed by atoms with Gasteiger partial charge in [0.2, 0.25) is 0 Å². The summed E-state index contributed by atoms with van der Waals surface area (Å²) in [6, 6.07) is 5.14. The molecule has 0 bridgehead atoms. The van der Waals surface area contributed by atoms with Crippen molar-refractivity contribution in [2.45, 2.75) is 25.5 Å². The first-order valence-corrected chi connectivity index (χ1v) is 6.09. The van der Waals surface area contributed by atoms with Crippen LogP contribution in [-0.4, -0.2) is 40.3 Å². The Kier molecular flexibility index (Phi) is 3.84. The van der Waals surface area contributed by atoms with Crippen molar-refractivity contribution in [2.75, 3.05) is 18.8 Å². The number of nitrogens with two attached hydrogens (primary N) is 1. The molecule has 1 saturated heterocycles. The van der Waals surface area contributed by atoms with Crippen LogP contribution in [0, 0.1) is 0 Å². The summed E-state index contributed by atoms with van der Waals surface area (Å²) in [6.07, 6.45) is 1.44. The highest BCUT2D eigenvalue weighted by Gasteiger charge is 2.20. The van der Waals surface area contributed by atoms with Crippen molar-refractivity contribution in [1.82, 2.24) is 4.90 Å². The van der Waals surface area contributed by atoms with Crippen molar-refractivity contribution >= 4 is 11.7 Å². The maximum atomic E-state index is 11.2. The van der Waals surface area contributed by atoms with Gasteiger partial charge in [0, 0.05) is 18.8 Å². The van der Waals surface area contributed by atoms with E-state index in [1.165, 1.54) is 0 Å². The number of carbonyl (C=O) groups is 1. The molecule has 1 aromatic carbocycles. The fourth-order valence-corrected chi connectivity index (χ4v) is 2.43. The van der Waals surface area contributed by atoms with E-state index in [9.17, 15) is 15.0 Å². The van der Waals surface area contributed by atoms with Gasteiger partial charge in [-0.15, -0.1) is 0 Å². The number of hydrogen-bond acceptors (Lipinski definition) is 4. The van der Waals surface area contributed by atoms with E-state index in [-0.39, 0.29) is 17.4 Å². The first-order chi connectivity index (χ1) is 8.58. The molecule has 18 heavy (non-hydrogen) atoms. The van der Waals surface area contributed by atoms with Crippen LogP contribution in [0.1, 0.15) is 28.8 Å². The first-order valence-electron chi connectivity index (χ1n) is 6.09. The number of β-amino-alcohol motifs (C(OH)–C–C–N with tert-alkyl or cyclic N) is 1. The lowest BCUT2D eigenvalue weighted by Gasteiger charge is -2.30. The van der Waals surface area contributed by atoms with Gasteiger partial charge in [-0.3, -0.25) is 4.90 Å². The SMILES string of the molecule is Nc1cccc(CN2CCCC(O)C2)c1C(=O)O. The Morgan fingerprint density at radius 3 is 2.94 bits per heavy atom. The molecule has 1 fully saturated rings. The highest BCUT2D eigenvalue weighted by molar-refractivity contribution is 5.95. The molecule has 1 aliphatic rings. The highest BCUT2D eigenvalue weighted by atomic mass is 16.4. The highest BCUT2D eigenvalue weighted by Crippen LogP contribution is 2.20. The Labute approximate surface area is 106 Å². The third kappa shape index (κ3) is 2.80. The molecule has 2 rings (SSSR count). The molecular formula is C13H18N2O3. The van der Waals surface area contributed by atoms with Gasteiger partial charge in [0.25, 0.3) is 0 Å². The summed E-state index contributed by atoms with van der Waals surface area (Å²) in [7, 11) is 0. The van der Waals surface area contributed by atoms with E-state index in [0.29, 0.717) is 18.7 Å². The standard InChI is InChI=1S/C13H18N2O3/c14-11-5-1-3-9(12(11)13(17)18)7-15-6-2-4-10(16)8-15/h1,3,5,10,16H,2,4,6-8,14H2,(H,17,18). The Balaban J connectivity index is 2.18. The third-order valence-corrected chi connectivity index (χ3v) is 3.27. The van der Waals surface area contributed by atoms with Crippen LogP contribution in [0.15, 0.2) is 18.2 Å². The van der Waals surface area contributed by atoms with Gasteiger partial charge in [-0.05, 0) is 31.0 Å². The molecule has 98 valence electrons. The molecule has 0 radical (unpaired) electrons. The number of carboxylic acid groups (broad SMARTS) is 1. The van der Waals surface area contributed by atoms with E-state index in [1.54, 1.807) is 18.2 Å². The summed E-state index contributed by atoms with van der Waals surface area (Å²) >= 11 is 0. The fourth-order valence-electron chi connectivity index (χ4n) is 2.43. The minimum atomic E-state index is -0.999. The first kappa shape index (κ1) is 12.9. The van der Waals surface area contributed by atoms with Crippen LogP contribution >= 0.6 is 0 Å². The van der Waals surface area contributed by atoms with Crippen molar-refractivity contribution in [2.24, 2.45) is 0 Å². The molecule has 5 nitrogen and oxygen atoms in total. The normalized spacial score (nSPS) is 20.8. The van der Waals surface area contributed by atoms with Crippen LogP contribution in [0.2, 0.25) is 0 Å². The quantitative estimate of drug-likeness (QED) is 0.694. The van der Waals surface area contributed by atoms with Gasteiger partial charge in [0.1, 0.15) is 0 Å². The smallest absolute Gasteiger partial charge is 0.338 e. The van der Waals surface area contributed by atoms with E-state index in [4.69, 9.17) is 5.73 Å². The second-order valence-electron chi connectivity index (χ2n) is 4.72. The number of hydrogen-bond donors (Lipinski definition) is 3. The number of carboxylic acids is 1. The molecule has 0 aromatic heterocycles. The third-order valence-electron chi connectivity index (χ3n) is 3.27. The lowest BCUT2D eigenvalue weighted by Crippen LogP contribution is -2.38. The van der Waals surface area contributed by atoms with Gasteiger partial charge in [-0.25, -0.2) is 4.79 Å². The van der Waals surface area contributed by atoms with Gasteiger partial charge in [-0.2, -0.15) is 0 Å². The molecule has 0 saturated carbocycles. The summed E-state index contributed by atoms with van der Waals surface area (Å²) in [5, 5.41) is 18.8. The molecule has 1 heterocycles. The number of rotatable bonds is 3. The van der Waals surface area contributed by atoms with Crippen LogP contribution in [0.25, 0.3) is 0 Å². The summed E-state index contributed by atoms with van der Waals surface area (Å²) < 4.78 is 0. The molecule has 1 aliphatic heterocycles. The van der Waals surface area contributed by atoms with Crippen molar-refractivity contribution < 1.29 is 15.0 Å². The lowest BCUT2D eigenvalue weighted by molar-refractivity contribution is 0.0650. The molecular weight excluding hydrogens is 232 g/mol. The van der Waals surface area contributed by atoms with Crippen LogP contribution in [-0.2, 0) is 6.54 Å². The predicted octanol–water partition coefficient (Wildman–Crippen LogP) is 0.924. The molecule has 1 aromatic rings. The zero-order chi connectivity index (χ0) is 13.1. The van der Waals surface area contributed by atoms with E-state index >= 15 is 0 Å². The van der Waals surface area contributed by atoms with Gasteiger partial charge in [0.15, 0.2) is 0 Å². The van der Waals surface area contributed by atoms with E-state index < -0.39 is 5.97 Å². The van der Waals surface area contributed by atoms with Gasteiger partial charge in [0.05, 0.1) is 11.7 Å². The van der Waals surface area contributed by atoms with Gasteiger partial charge < -0.3 is 15.9 Å². The molecule has 1 unspecified atom stereocenters. The molecule has 5 heteroatoms. The number of aromatic carboxylic acids is 1. The van der Waals surface area contributed by atoms with Crippen LogP contribution in [0.5, 0.6) is 0 Å². The summed E-state index contributed by atoms with van der Waals surface area (Å²) in [4.78, 5) is 13.3. The zero-order valence-electron chi connectivity index (χ0n) is 10.2. The number of piperidine rings is 1. The van der Waals surface area contributed by atoms with Crippen LogP contribution in [0.4, 0.5) is 5.69 Å². The maximum Gasteiger partial charge on any atom is 0.338 e. The largest absolute Gasteiger partial charge is 0.478 e. The lowest BCUT2D eigenvalue weighted by atomic mass is 10.0. The fraction of sp³-hybridized carbons (Fsp3) is 0.462. The Hall–Kier alpha value is -1.59. The number of benzene rings is 1. The summed E-state index contributed by atoms with van der Waals surface area (Å²) in [6.45, 7) is 1.99. The van der Waals surface area contributed by atoms with Crippen molar-refractivity contribution in [3.63, 3.8) is 0 Å². The van der Waals surface area contributed by atoms with Gasteiger partial charge >= 0.3 is 5.97 Å². The number of nitrogens with zero attached hydrogens (tertiary/aromatic N) is 1. The number of nitrogen functional groups attached to an aromatic ring is 1. The van der Waals surface area contributed by atoms with Crippen molar-refractivity contribution in [3.8, 4) is 0 Å². The second-order valence-corrected chi connectivity index (χ2v) is 4.72. The second kappa shape index (κ2) is 5.37. The Morgan fingerprint density at radius 2 is 2.28 bits per heavy atom.